The lowest BCUT2D eigenvalue weighted by molar-refractivity contribution is 0.0698. The van der Waals surface area contributed by atoms with Gasteiger partial charge < -0.3 is 9.67 Å². The van der Waals surface area contributed by atoms with Crippen LogP contribution >= 0.6 is 0 Å². The quantitative estimate of drug-likeness (QED) is 0.768. The van der Waals surface area contributed by atoms with E-state index in [1.807, 2.05) is 12.1 Å². The fourth-order valence-electron chi connectivity index (χ4n) is 4.00. The number of hydrogen-bond donors (Lipinski definition) is 1. The number of fused-ring (bicyclic) bond motifs is 3. The van der Waals surface area contributed by atoms with Crippen molar-refractivity contribution in [2.75, 3.05) is 0 Å². The van der Waals surface area contributed by atoms with Gasteiger partial charge in [0.1, 0.15) is 0 Å². The minimum atomic E-state index is -0.846. The van der Waals surface area contributed by atoms with Crippen molar-refractivity contribution in [3.63, 3.8) is 0 Å². The Kier molecular flexibility index (Phi) is 3.64. The zero-order valence-electron chi connectivity index (χ0n) is 13.9. The molecule has 1 N–H and O–H groups in total. The molecule has 1 heterocycles. The van der Waals surface area contributed by atoms with Crippen molar-refractivity contribution in [3.8, 4) is 0 Å². The number of carbonyl (C=O) groups is 1. The molecule has 0 bridgehead atoms. The summed E-state index contributed by atoms with van der Waals surface area (Å²) in [7, 11) is 0. The van der Waals surface area contributed by atoms with Crippen LogP contribution in [0.15, 0.2) is 42.5 Å². The first kappa shape index (κ1) is 15.0. The minimum Gasteiger partial charge on any atom is -0.478 e. The molecule has 2 aromatic carbocycles. The van der Waals surface area contributed by atoms with Gasteiger partial charge in [-0.05, 0) is 55.4 Å². The maximum Gasteiger partial charge on any atom is 0.337 e. The van der Waals surface area contributed by atoms with Crippen molar-refractivity contribution in [2.24, 2.45) is 0 Å². The SMILES string of the molecule is Cc1ccccc1Cn1c2c(c3cccc(C(=O)O)c31)CCCC2. The second kappa shape index (κ2) is 5.82. The predicted molar refractivity (Wildman–Crippen MR) is 95.8 cm³/mol. The second-order valence-electron chi connectivity index (χ2n) is 6.65. The predicted octanol–water partition coefficient (Wildman–Crippen LogP) is 4.58. The van der Waals surface area contributed by atoms with E-state index in [1.165, 1.54) is 35.2 Å². The van der Waals surface area contributed by atoms with Crippen molar-refractivity contribution >= 4 is 16.9 Å². The average Bonchev–Trinajstić information content (AvgIpc) is 2.91. The lowest BCUT2D eigenvalue weighted by Gasteiger charge is -2.17. The Morgan fingerprint density at radius 2 is 1.88 bits per heavy atom. The van der Waals surface area contributed by atoms with Gasteiger partial charge in [0.2, 0.25) is 0 Å². The van der Waals surface area contributed by atoms with E-state index in [9.17, 15) is 9.90 Å². The van der Waals surface area contributed by atoms with Crippen LogP contribution in [0.25, 0.3) is 10.9 Å². The maximum absolute atomic E-state index is 11.8. The molecule has 1 aliphatic carbocycles. The fourth-order valence-corrected chi connectivity index (χ4v) is 4.00. The number of hydrogen-bond acceptors (Lipinski definition) is 1. The van der Waals surface area contributed by atoms with Gasteiger partial charge in [-0.3, -0.25) is 0 Å². The third kappa shape index (κ3) is 2.32. The van der Waals surface area contributed by atoms with E-state index in [0.717, 1.165) is 30.3 Å². The summed E-state index contributed by atoms with van der Waals surface area (Å²) in [5.74, 6) is -0.846. The van der Waals surface area contributed by atoms with E-state index < -0.39 is 5.97 Å². The van der Waals surface area contributed by atoms with Crippen LogP contribution in [0.3, 0.4) is 0 Å². The molecule has 0 saturated carbocycles. The van der Waals surface area contributed by atoms with Gasteiger partial charge in [0.15, 0.2) is 0 Å². The van der Waals surface area contributed by atoms with Crippen LogP contribution in [0.1, 0.15) is 45.6 Å². The molecule has 0 spiro atoms. The van der Waals surface area contributed by atoms with Crippen molar-refractivity contribution in [3.05, 3.63) is 70.4 Å². The first-order valence-corrected chi connectivity index (χ1v) is 8.57. The zero-order valence-corrected chi connectivity index (χ0v) is 13.9. The number of carboxylic acid groups (broad SMARTS) is 1. The highest BCUT2D eigenvalue weighted by atomic mass is 16.4. The van der Waals surface area contributed by atoms with Gasteiger partial charge in [-0.15, -0.1) is 0 Å². The molecule has 4 rings (SSSR count). The van der Waals surface area contributed by atoms with Crippen LogP contribution in [0.4, 0.5) is 0 Å². The molecule has 0 unspecified atom stereocenters. The standard InChI is InChI=1S/C21H21NO2/c1-14-7-2-3-8-15(14)13-22-19-12-5-4-9-16(19)17-10-6-11-18(20(17)22)21(23)24/h2-3,6-8,10-11H,4-5,9,12-13H2,1H3,(H,23,24). The Labute approximate surface area is 141 Å². The Bertz CT molecular complexity index is 936. The highest BCUT2D eigenvalue weighted by molar-refractivity contribution is 6.04. The summed E-state index contributed by atoms with van der Waals surface area (Å²) in [6.07, 6.45) is 4.46. The lowest BCUT2D eigenvalue weighted by atomic mass is 9.95. The summed E-state index contributed by atoms with van der Waals surface area (Å²) in [5.41, 5.74) is 6.48. The number of carboxylic acids is 1. The van der Waals surface area contributed by atoms with Gasteiger partial charge in [-0.1, -0.05) is 36.4 Å². The maximum atomic E-state index is 11.8. The Morgan fingerprint density at radius 3 is 2.67 bits per heavy atom. The summed E-state index contributed by atoms with van der Waals surface area (Å²) in [5, 5.41) is 10.8. The number of benzene rings is 2. The fraction of sp³-hybridized carbons (Fsp3) is 0.286. The summed E-state index contributed by atoms with van der Waals surface area (Å²) >= 11 is 0. The van der Waals surface area contributed by atoms with E-state index in [0.29, 0.717) is 5.56 Å². The smallest absolute Gasteiger partial charge is 0.337 e. The van der Waals surface area contributed by atoms with Gasteiger partial charge in [0, 0.05) is 17.6 Å². The Balaban J connectivity index is 1.99. The summed E-state index contributed by atoms with van der Waals surface area (Å²) in [4.78, 5) is 11.8. The van der Waals surface area contributed by atoms with Gasteiger partial charge in [-0.2, -0.15) is 0 Å². The molecule has 24 heavy (non-hydrogen) atoms. The molecule has 1 aromatic heterocycles. The first-order valence-electron chi connectivity index (χ1n) is 8.57. The van der Waals surface area contributed by atoms with Gasteiger partial charge in [0.05, 0.1) is 11.1 Å². The molecule has 0 fully saturated rings. The lowest BCUT2D eigenvalue weighted by Crippen LogP contribution is -2.11. The second-order valence-corrected chi connectivity index (χ2v) is 6.65. The summed E-state index contributed by atoms with van der Waals surface area (Å²) in [6.45, 7) is 2.86. The summed E-state index contributed by atoms with van der Waals surface area (Å²) < 4.78 is 2.26. The van der Waals surface area contributed by atoms with Gasteiger partial charge in [-0.25, -0.2) is 4.79 Å². The number of aryl methyl sites for hydroxylation is 2. The van der Waals surface area contributed by atoms with Crippen molar-refractivity contribution < 1.29 is 9.90 Å². The molecule has 0 saturated heterocycles. The Morgan fingerprint density at radius 1 is 1.08 bits per heavy atom. The number of rotatable bonds is 3. The average molecular weight is 319 g/mol. The molecule has 0 amide bonds. The van der Waals surface area contributed by atoms with E-state index in [2.05, 4.69) is 35.8 Å². The topological polar surface area (TPSA) is 42.2 Å². The van der Waals surface area contributed by atoms with E-state index in [1.54, 1.807) is 6.07 Å². The number of aromatic nitrogens is 1. The van der Waals surface area contributed by atoms with Crippen molar-refractivity contribution in [2.45, 2.75) is 39.2 Å². The number of aromatic carboxylic acids is 1. The molecule has 3 aromatic rings. The van der Waals surface area contributed by atoms with E-state index in [4.69, 9.17) is 0 Å². The molecule has 0 atom stereocenters. The van der Waals surface area contributed by atoms with Crippen LogP contribution in [-0.4, -0.2) is 15.6 Å². The third-order valence-corrected chi connectivity index (χ3v) is 5.22. The highest BCUT2D eigenvalue weighted by Gasteiger charge is 2.23. The molecule has 1 aliphatic rings. The number of para-hydroxylation sites is 1. The van der Waals surface area contributed by atoms with Crippen LogP contribution < -0.4 is 0 Å². The van der Waals surface area contributed by atoms with Gasteiger partial charge in [0.25, 0.3) is 0 Å². The largest absolute Gasteiger partial charge is 0.478 e. The highest BCUT2D eigenvalue weighted by Crippen LogP contribution is 2.34. The zero-order chi connectivity index (χ0) is 16.7. The monoisotopic (exact) mass is 319 g/mol. The van der Waals surface area contributed by atoms with Crippen molar-refractivity contribution in [1.82, 2.24) is 4.57 Å². The molecular weight excluding hydrogens is 298 g/mol. The van der Waals surface area contributed by atoms with E-state index in [-0.39, 0.29) is 0 Å². The minimum absolute atomic E-state index is 0.412. The summed E-state index contributed by atoms with van der Waals surface area (Å²) in [6, 6.07) is 14.0. The molecule has 3 nitrogen and oxygen atoms in total. The van der Waals surface area contributed by atoms with Crippen molar-refractivity contribution in [1.29, 1.82) is 0 Å². The van der Waals surface area contributed by atoms with E-state index >= 15 is 0 Å². The molecule has 3 heteroatoms. The molecule has 0 aliphatic heterocycles. The first-order chi connectivity index (χ1) is 11.7. The van der Waals surface area contributed by atoms with Crippen LogP contribution in [0.2, 0.25) is 0 Å². The molecule has 0 radical (unpaired) electrons. The Hall–Kier alpha value is -2.55. The van der Waals surface area contributed by atoms with Crippen LogP contribution in [-0.2, 0) is 19.4 Å². The molecule has 122 valence electrons. The third-order valence-electron chi connectivity index (χ3n) is 5.22. The van der Waals surface area contributed by atoms with Crippen LogP contribution in [0.5, 0.6) is 0 Å². The van der Waals surface area contributed by atoms with Gasteiger partial charge >= 0.3 is 5.97 Å². The van der Waals surface area contributed by atoms with Crippen LogP contribution in [0, 0.1) is 6.92 Å². The molecular formula is C21H21NO2. The normalized spacial score (nSPS) is 13.9. The number of nitrogens with zero attached hydrogens (tertiary/aromatic N) is 1.